The first kappa shape index (κ1) is 22.4. The number of amides is 2. The van der Waals surface area contributed by atoms with Gasteiger partial charge in [0.1, 0.15) is 5.82 Å². The molecule has 0 spiro atoms. The number of rotatable bonds is 5. The molecule has 2 fully saturated rings. The summed E-state index contributed by atoms with van der Waals surface area (Å²) in [6, 6.07) is 0. The van der Waals surface area contributed by atoms with E-state index in [1.165, 1.54) is 0 Å². The van der Waals surface area contributed by atoms with Gasteiger partial charge in [0.2, 0.25) is 23.7 Å². The molecule has 5 rings (SSSR count). The summed E-state index contributed by atoms with van der Waals surface area (Å²) in [6.45, 7) is 5.22. The maximum Gasteiger partial charge on any atom is 0.228 e. The van der Waals surface area contributed by atoms with Crippen molar-refractivity contribution in [1.82, 2.24) is 24.8 Å². The Bertz CT molecular complexity index is 1050. The van der Waals surface area contributed by atoms with Crippen LogP contribution < -0.4 is 15.5 Å². The Morgan fingerprint density at radius 3 is 2.24 bits per heavy atom. The molecule has 0 aliphatic carbocycles. The van der Waals surface area contributed by atoms with Crippen molar-refractivity contribution in [3.63, 3.8) is 0 Å². The summed E-state index contributed by atoms with van der Waals surface area (Å²) >= 11 is 0. The Labute approximate surface area is 197 Å². The van der Waals surface area contributed by atoms with Crippen molar-refractivity contribution < 1.29 is 19.1 Å². The van der Waals surface area contributed by atoms with Crippen LogP contribution in [0.25, 0.3) is 11.3 Å². The molecule has 0 aromatic carbocycles. The minimum atomic E-state index is -0.119. The fraction of sp³-hybridized carbons (Fsp3) is 0.545. The molecule has 2 aromatic heterocycles. The molecule has 180 valence electrons. The summed E-state index contributed by atoms with van der Waals surface area (Å²) in [6.07, 6.45) is 4.19. The minimum absolute atomic E-state index is 0.0209. The zero-order valence-electron chi connectivity index (χ0n) is 19.0. The first-order valence-corrected chi connectivity index (χ1v) is 11.6. The van der Waals surface area contributed by atoms with Gasteiger partial charge in [0.25, 0.3) is 0 Å². The van der Waals surface area contributed by atoms with E-state index in [1.54, 1.807) is 22.2 Å². The molecule has 0 bridgehead atoms. The Balaban J connectivity index is 1.40. The van der Waals surface area contributed by atoms with Gasteiger partial charge in [0.05, 0.1) is 32.1 Å². The molecule has 12 nitrogen and oxygen atoms in total. The second-order valence-electron chi connectivity index (χ2n) is 8.39. The van der Waals surface area contributed by atoms with E-state index in [2.05, 4.69) is 9.97 Å². The van der Waals surface area contributed by atoms with Crippen LogP contribution in [0.4, 0.5) is 17.7 Å². The highest BCUT2D eigenvalue weighted by molar-refractivity contribution is 5.97. The average Bonchev–Trinajstić information content (AvgIpc) is 3.32. The number of anilines is 3. The molecule has 0 saturated carbocycles. The molecule has 0 atom stereocenters. The third kappa shape index (κ3) is 4.64. The van der Waals surface area contributed by atoms with E-state index >= 15 is 0 Å². The number of nitrogen functional groups attached to an aromatic ring is 1. The normalized spacial score (nSPS) is 18.2. The summed E-state index contributed by atoms with van der Waals surface area (Å²) in [5.74, 6) is 1.17. The fourth-order valence-corrected chi connectivity index (χ4v) is 4.41. The number of hydrogen-bond acceptors (Lipinski definition) is 10. The Morgan fingerprint density at radius 2 is 1.53 bits per heavy atom. The first-order chi connectivity index (χ1) is 16.6. The van der Waals surface area contributed by atoms with Crippen molar-refractivity contribution in [3.8, 4) is 11.3 Å². The van der Waals surface area contributed by atoms with E-state index < -0.39 is 0 Å². The van der Waals surface area contributed by atoms with Gasteiger partial charge in [-0.3, -0.25) is 14.5 Å². The van der Waals surface area contributed by atoms with Gasteiger partial charge >= 0.3 is 0 Å². The van der Waals surface area contributed by atoms with Crippen LogP contribution in [0.15, 0.2) is 12.4 Å². The molecule has 34 heavy (non-hydrogen) atoms. The standard InChI is InChI=1S/C22H28N8O4/c23-21-24-13-15(14-25-21)19-16-3-4-30(18(32)2-1-17(31)28-5-9-33-10-6-28)20(16)27-22(26-19)29-7-11-34-12-8-29/h13-14H,1-12H2,(H2,23,24,25). The average molecular weight is 469 g/mol. The fourth-order valence-electron chi connectivity index (χ4n) is 4.41. The Kier molecular flexibility index (Phi) is 6.50. The molecule has 2 saturated heterocycles. The third-order valence-electron chi connectivity index (χ3n) is 6.27. The number of carbonyl (C=O) groups is 2. The number of morpholine rings is 2. The van der Waals surface area contributed by atoms with Gasteiger partial charge in [-0.1, -0.05) is 0 Å². The molecular formula is C22H28N8O4. The summed E-state index contributed by atoms with van der Waals surface area (Å²) in [5, 5.41) is 0. The molecule has 0 radical (unpaired) electrons. The quantitative estimate of drug-likeness (QED) is 0.631. The monoisotopic (exact) mass is 468 g/mol. The molecule has 2 amide bonds. The van der Waals surface area contributed by atoms with E-state index in [4.69, 9.17) is 25.2 Å². The zero-order valence-corrected chi connectivity index (χ0v) is 19.0. The predicted octanol–water partition coefficient (Wildman–Crippen LogP) is -0.119. The predicted molar refractivity (Wildman–Crippen MR) is 123 cm³/mol. The van der Waals surface area contributed by atoms with Crippen LogP contribution in [0.3, 0.4) is 0 Å². The maximum atomic E-state index is 13.2. The Morgan fingerprint density at radius 1 is 0.882 bits per heavy atom. The number of ether oxygens (including phenoxy) is 2. The molecule has 3 aliphatic heterocycles. The molecule has 2 aromatic rings. The van der Waals surface area contributed by atoms with Crippen LogP contribution in [0, 0.1) is 0 Å². The number of nitrogens with zero attached hydrogens (tertiary/aromatic N) is 7. The van der Waals surface area contributed by atoms with E-state index in [-0.39, 0.29) is 30.6 Å². The van der Waals surface area contributed by atoms with Crippen molar-refractivity contribution in [3.05, 3.63) is 18.0 Å². The van der Waals surface area contributed by atoms with Crippen molar-refractivity contribution >= 4 is 29.5 Å². The molecule has 0 unspecified atom stereocenters. The smallest absolute Gasteiger partial charge is 0.228 e. The molecule has 5 heterocycles. The SMILES string of the molecule is Nc1ncc(-c2nc(N3CCOCC3)nc3c2CCN3C(=O)CCC(=O)N2CCOCC2)cn1. The van der Waals surface area contributed by atoms with E-state index in [1.807, 2.05) is 4.90 Å². The van der Waals surface area contributed by atoms with Gasteiger partial charge < -0.3 is 25.0 Å². The first-order valence-electron chi connectivity index (χ1n) is 11.6. The summed E-state index contributed by atoms with van der Waals surface area (Å²) in [7, 11) is 0. The van der Waals surface area contributed by atoms with Crippen LogP contribution >= 0.6 is 0 Å². The topological polar surface area (TPSA) is 140 Å². The highest BCUT2D eigenvalue weighted by Gasteiger charge is 2.32. The largest absolute Gasteiger partial charge is 0.378 e. The van der Waals surface area contributed by atoms with E-state index in [9.17, 15) is 9.59 Å². The van der Waals surface area contributed by atoms with Crippen LogP contribution in [-0.4, -0.2) is 95.8 Å². The van der Waals surface area contributed by atoms with Gasteiger partial charge in [-0.15, -0.1) is 0 Å². The van der Waals surface area contributed by atoms with Crippen molar-refractivity contribution in [1.29, 1.82) is 0 Å². The second kappa shape index (κ2) is 9.85. The lowest BCUT2D eigenvalue weighted by Gasteiger charge is -2.28. The highest BCUT2D eigenvalue weighted by atomic mass is 16.5. The Hall–Kier alpha value is -3.38. The molecule has 3 aliphatic rings. The molecule has 12 heteroatoms. The van der Waals surface area contributed by atoms with Crippen molar-refractivity contribution in [2.75, 3.05) is 74.7 Å². The van der Waals surface area contributed by atoms with Gasteiger partial charge in [0, 0.05) is 69.1 Å². The zero-order chi connectivity index (χ0) is 23.5. The summed E-state index contributed by atoms with van der Waals surface area (Å²) in [4.78, 5) is 49.0. The van der Waals surface area contributed by atoms with Gasteiger partial charge in [0.15, 0.2) is 0 Å². The van der Waals surface area contributed by atoms with Gasteiger partial charge in [-0.2, -0.15) is 4.98 Å². The van der Waals surface area contributed by atoms with E-state index in [0.29, 0.717) is 83.0 Å². The van der Waals surface area contributed by atoms with Gasteiger partial charge in [-0.25, -0.2) is 15.0 Å². The summed E-state index contributed by atoms with van der Waals surface area (Å²) in [5.41, 5.74) is 7.96. The minimum Gasteiger partial charge on any atom is -0.378 e. The van der Waals surface area contributed by atoms with Crippen LogP contribution in [0.2, 0.25) is 0 Å². The second-order valence-corrected chi connectivity index (χ2v) is 8.39. The molecule has 2 N–H and O–H groups in total. The highest BCUT2D eigenvalue weighted by Crippen LogP contribution is 2.35. The van der Waals surface area contributed by atoms with Crippen molar-refractivity contribution in [2.45, 2.75) is 19.3 Å². The lowest BCUT2D eigenvalue weighted by molar-refractivity contribution is -0.136. The van der Waals surface area contributed by atoms with Crippen LogP contribution in [0.1, 0.15) is 18.4 Å². The molecular weight excluding hydrogens is 440 g/mol. The van der Waals surface area contributed by atoms with Crippen LogP contribution in [-0.2, 0) is 25.5 Å². The lowest BCUT2D eigenvalue weighted by Crippen LogP contribution is -2.41. The number of hydrogen-bond donors (Lipinski definition) is 1. The third-order valence-corrected chi connectivity index (χ3v) is 6.27. The lowest BCUT2D eigenvalue weighted by atomic mass is 10.1. The number of nitrogens with two attached hydrogens (primary N) is 1. The van der Waals surface area contributed by atoms with Crippen LogP contribution in [0.5, 0.6) is 0 Å². The summed E-state index contributed by atoms with van der Waals surface area (Å²) < 4.78 is 10.8. The number of aromatic nitrogens is 4. The van der Waals surface area contributed by atoms with E-state index in [0.717, 1.165) is 11.1 Å². The number of fused-ring (bicyclic) bond motifs is 1. The number of carbonyl (C=O) groups excluding carboxylic acids is 2. The maximum absolute atomic E-state index is 13.2. The van der Waals surface area contributed by atoms with Crippen molar-refractivity contribution in [2.24, 2.45) is 0 Å². The van der Waals surface area contributed by atoms with Gasteiger partial charge in [-0.05, 0) is 6.42 Å².